The van der Waals surface area contributed by atoms with E-state index in [-0.39, 0.29) is 11.8 Å². The van der Waals surface area contributed by atoms with Crippen LogP contribution in [-0.4, -0.2) is 23.7 Å². The van der Waals surface area contributed by atoms with Gasteiger partial charge in [0.2, 0.25) is 5.91 Å². The molecule has 0 saturated heterocycles. The van der Waals surface area contributed by atoms with Gasteiger partial charge in [-0.1, -0.05) is 19.3 Å². The van der Waals surface area contributed by atoms with Gasteiger partial charge in [0.15, 0.2) is 0 Å². The van der Waals surface area contributed by atoms with Crippen LogP contribution in [0.5, 0.6) is 0 Å². The van der Waals surface area contributed by atoms with Crippen LogP contribution in [-0.2, 0) is 4.79 Å². The Morgan fingerprint density at radius 1 is 1.46 bits per heavy atom. The summed E-state index contributed by atoms with van der Waals surface area (Å²) in [5, 5.41) is 11.7. The Hall–Kier alpha value is -0.570. The van der Waals surface area contributed by atoms with Gasteiger partial charge < -0.3 is 10.4 Å². The van der Waals surface area contributed by atoms with E-state index < -0.39 is 6.10 Å². The molecule has 0 radical (unpaired) electrons. The molecular formula is C10H19NO2. The first-order valence-corrected chi connectivity index (χ1v) is 5.16. The van der Waals surface area contributed by atoms with Gasteiger partial charge in [0.1, 0.15) is 0 Å². The monoisotopic (exact) mass is 185 g/mol. The number of amides is 1. The van der Waals surface area contributed by atoms with E-state index in [0.29, 0.717) is 6.54 Å². The third-order valence-corrected chi connectivity index (χ3v) is 2.55. The number of aliphatic hydroxyl groups excluding tert-OH is 1. The fourth-order valence-electron chi connectivity index (χ4n) is 1.76. The van der Waals surface area contributed by atoms with Gasteiger partial charge in [0, 0.05) is 12.5 Å². The van der Waals surface area contributed by atoms with Crippen molar-refractivity contribution in [2.45, 2.75) is 45.1 Å². The smallest absolute Gasteiger partial charge is 0.223 e. The lowest BCUT2D eigenvalue weighted by atomic mass is 9.89. The first-order chi connectivity index (χ1) is 6.20. The topological polar surface area (TPSA) is 49.3 Å². The van der Waals surface area contributed by atoms with Gasteiger partial charge in [0.05, 0.1) is 6.10 Å². The van der Waals surface area contributed by atoms with Crippen molar-refractivity contribution in [3.8, 4) is 0 Å². The zero-order valence-corrected chi connectivity index (χ0v) is 8.25. The molecule has 1 fully saturated rings. The van der Waals surface area contributed by atoms with Crippen molar-refractivity contribution in [2.75, 3.05) is 6.54 Å². The minimum absolute atomic E-state index is 0.126. The van der Waals surface area contributed by atoms with Gasteiger partial charge in [0.25, 0.3) is 0 Å². The van der Waals surface area contributed by atoms with Gasteiger partial charge in [-0.05, 0) is 19.8 Å². The second kappa shape index (κ2) is 5.22. The minimum atomic E-state index is -0.437. The fourth-order valence-corrected chi connectivity index (χ4v) is 1.76. The van der Waals surface area contributed by atoms with E-state index in [1.54, 1.807) is 6.92 Å². The SMILES string of the molecule is CC(O)CNC(=O)C1CCCCC1. The van der Waals surface area contributed by atoms with Gasteiger partial charge >= 0.3 is 0 Å². The van der Waals surface area contributed by atoms with Gasteiger partial charge in [-0.3, -0.25) is 4.79 Å². The van der Waals surface area contributed by atoms with Crippen molar-refractivity contribution < 1.29 is 9.90 Å². The number of hydrogen-bond donors (Lipinski definition) is 2. The molecule has 1 aliphatic rings. The van der Waals surface area contributed by atoms with E-state index in [2.05, 4.69) is 5.32 Å². The number of aliphatic hydroxyl groups is 1. The maximum absolute atomic E-state index is 11.5. The quantitative estimate of drug-likeness (QED) is 0.691. The first kappa shape index (κ1) is 10.5. The molecule has 1 rings (SSSR count). The van der Waals surface area contributed by atoms with Gasteiger partial charge in [-0.2, -0.15) is 0 Å². The number of hydrogen-bond acceptors (Lipinski definition) is 2. The molecule has 0 aliphatic heterocycles. The highest BCUT2D eigenvalue weighted by atomic mass is 16.3. The predicted octanol–water partition coefficient (Wildman–Crippen LogP) is 1.06. The standard InChI is InChI=1S/C10H19NO2/c1-8(12)7-11-10(13)9-5-3-2-4-6-9/h8-9,12H,2-7H2,1H3,(H,11,13). The molecule has 1 amide bonds. The van der Waals surface area contributed by atoms with Crippen LogP contribution in [0.25, 0.3) is 0 Å². The van der Waals surface area contributed by atoms with Crippen LogP contribution in [0.4, 0.5) is 0 Å². The summed E-state index contributed by atoms with van der Waals surface area (Å²) in [6, 6.07) is 0. The summed E-state index contributed by atoms with van der Waals surface area (Å²) in [4.78, 5) is 11.5. The Balaban J connectivity index is 2.21. The average molecular weight is 185 g/mol. The molecule has 0 bridgehead atoms. The van der Waals surface area contributed by atoms with Crippen molar-refractivity contribution in [2.24, 2.45) is 5.92 Å². The molecule has 1 atom stereocenters. The molecule has 76 valence electrons. The molecule has 2 N–H and O–H groups in total. The van der Waals surface area contributed by atoms with E-state index in [9.17, 15) is 4.79 Å². The van der Waals surface area contributed by atoms with E-state index in [1.807, 2.05) is 0 Å². The molecule has 0 aromatic rings. The lowest BCUT2D eigenvalue weighted by Gasteiger charge is -2.21. The van der Waals surface area contributed by atoms with Crippen LogP contribution in [0.1, 0.15) is 39.0 Å². The number of carbonyl (C=O) groups is 1. The van der Waals surface area contributed by atoms with Crippen LogP contribution in [0.15, 0.2) is 0 Å². The minimum Gasteiger partial charge on any atom is -0.392 e. The summed E-state index contributed by atoms with van der Waals surface area (Å²) in [7, 11) is 0. The van der Waals surface area contributed by atoms with Crippen LogP contribution in [0.3, 0.4) is 0 Å². The third kappa shape index (κ3) is 3.77. The highest BCUT2D eigenvalue weighted by Gasteiger charge is 2.20. The summed E-state index contributed by atoms with van der Waals surface area (Å²) < 4.78 is 0. The lowest BCUT2D eigenvalue weighted by molar-refractivity contribution is -0.126. The van der Waals surface area contributed by atoms with Crippen molar-refractivity contribution in [3.63, 3.8) is 0 Å². The fraction of sp³-hybridized carbons (Fsp3) is 0.900. The first-order valence-electron chi connectivity index (χ1n) is 5.16. The van der Waals surface area contributed by atoms with E-state index in [1.165, 1.54) is 19.3 Å². The molecule has 0 heterocycles. The predicted molar refractivity (Wildman–Crippen MR) is 51.3 cm³/mol. The zero-order valence-electron chi connectivity index (χ0n) is 8.25. The molecule has 1 aliphatic carbocycles. The normalized spacial score (nSPS) is 21.1. The number of nitrogens with one attached hydrogen (secondary N) is 1. The van der Waals surface area contributed by atoms with Crippen molar-refractivity contribution >= 4 is 5.91 Å². The van der Waals surface area contributed by atoms with Gasteiger partial charge in [-0.15, -0.1) is 0 Å². The summed E-state index contributed by atoms with van der Waals surface area (Å²) in [5.74, 6) is 0.327. The molecule has 0 aromatic carbocycles. The molecule has 3 heteroatoms. The zero-order chi connectivity index (χ0) is 9.68. The molecular weight excluding hydrogens is 166 g/mol. The summed E-state index contributed by atoms with van der Waals surface area (Å²) >= 11 is 0. The van der Waals surface area contributed by atoms with Crippen molar-refractivity contribution in [1.82, 2.24) is 5.32 Å². The molecule has 0 aromatic heterocycles. The second-order valence-electron chi connectivity index (χ2n) is 3.93. The molecule has 3 nitrogen and oxygen atoms in total. The molecule has 13 heavy (non-hydrogen) atoms. The van der Waals surface area contributed by atoms with E-state index in [4.69, 9.17) is 5.11 Å². The number of carbonyl (C=O) groups excluding carboxylic acids is 1. The summed E-state index contributed by atoms with van der Waals surface area (Å²) in [6.45, 7) is 2.07. The Morgan fingerprint density at radius 2 is 2.08 bits per heavy atom. The van der Waals surface area contributed by atoms with E-state index in [0.717, 1.165) is 12.8 Å². The van der Waals surface area contributed by atoms with Crippen LogP contribution < -0.4 is 5.32 Å². The van der Waals surface area contributed by atoms with Crippen molar-refractivity contribution in [1.29, 1.82) is 0 Å². The molecule has 1 saturated carbocycles. The van der Waals surface area contributed by atoms with Crippen LogP contribution >= 0.6 is 0 Å². The Bertz CT molecular complexity index is 162. The van der Waals surface area contributed by atoms with Crippen molar-refractivity contribution in [3.05, 3.63) is 0 Å². The largest absolute Gasteiger partial charge is 0.392 e. The lowest BCUT2D eigenvalue weighted by Crippen LogP contribution is -2.36. The number of rotatable bonds is 3. The highest BCUT2D eigenvalue weighted by molar-refractivity contribution is 5.78. The summed E-state index contributed by atoms with van der Waals surface area (Å²) in [5.41, 5.74) is 0. The maximum Gasteiger partial charge on any atom is 0.223 e. The van der Waals surface area contributed by atoms with E-state index >= 15 is 0 Å². The average Bonchev–Trinajstić information content (AvgIpc) is 2.15. The maximum atomic E-state index is 11.5. The molecule has 0 spiro atoms. The second-order valence-corrected chi connectivity index (χ2v) is 3.93. The Morgan fingerprint density at radius 3 is 2.62 bits per heavy atom. The van der Waals surface area contributed by atoms with Crippen LogP contribution in [0, 0.1) is 5.92 Å². The Kier molecular flexibility index (Phi) is 4.22. The third-order valence-electron chi connectivity index (χ3n) is 2.55. The summed E-state index contributed by atoms with van der Waals surface area (Å²) in [6.07, 6.45) is 5.21. The highest BCUT2D eigenvalue weighted by Crippen LogP contribution is 2.23. The van der Waals surface area contributed by atoms with Gasteiger partial charge in [-0.25, -0.2) is 0 Å². The van der Waals surface area contributed by atoms with Crippen LogP contribution in [0.2, 0.25) is 0 Å². The Labute approximate surface area is 79.5 Å². The molecule has 1 unspecified atom stereocenters.